The Hall–Kier alpha value is -3.29. The minimum atomic E-state index is -0.0709. The largest absolute Gasteiger partial charge is 0.493 e. The Balaban J connectivity index is 2.02. The predicted octanol–water partition coefficient (Wildman–Crippen LogP) is 3.36. The molecule has 0 fully saturated rings. The molecule has 8 heteroatoms. The van der Waals surface area contributed by atoms with Gasteiger partial charge in [0.25, 0.3) is 5.56 Å². The van der Waals surface area contributed by atoms with Crippen LogP contribution in [0, 0.1) is 0 Å². The lowest BCUT2D eigenvalue weighted by Gasteiger charge is -2.15. The first-order valence-corrected chi connectivity index (χ1v) is 9.04. The summed E-state index contributed by atoms with van der Waals surface area (Å²) in [6, 6.07) is 6.82. The van der Waals surface area contributed by atoms with E-state index < -0.39 is 0 Å². The zero-order chi connectivity index (χ0) is 20.1. The number of aryl methyl sites for hydroxylation is 1. The van der Waals surface area contributed by atoms with Crippen molar-refractivity contribution >= 4 is 22.7 Å². The van der Waals surface area contributed by atoms with Gasteiger partial charge in [-0.3, -0.25) is 9.36 Å². The van der Waals surface area contributed by atoms with Crippen molar-refractivity contribution in [3.63, 3.8) is 0 Å². The lowest BCUT2D eigenvalue weighted by molar-refractivity contribution is 0.324. The van der Waals surface area contributed by atoms with E-state index in [1.165, 1.54) is 0 Å². The first-order chi connectivity index (χ1) is 13.6. The maximum atomic E-state index is 12.3. The van der Waals surface area contributed by atoms with Gasteiger partial charge >= 0.3 is 0 Å². The number of hydrogen-bond donors (Lipinski definition) is 1. The highest BCUT2D eigenvalue weighted by atomic mass is 16.5. The summed E-state index contributed by atoms with van der Waals surface area (Å²) in [6.45, 7) is 2.70. The van der Waals surface area contributed by atoms with Crippen LogP contribution in [0.15, 0.2) is 35.3 Å². The van der Waals surface area contributed by atoms with Gasteiger partial charge in [-0.1, -0.05) is 13.3 Å². The fourth-order valence-electron chi connectivity index (χ4n) is 2.95. The number of fused-ring (bicyclic) bond motifs is 1. The van der Waals surface area contributed by atoms with Crippen LogP contribution in [-0.2, 0) is 6.54 Å². The number of methoxy groups -OCH3 is 3. The molecule has 0 bridgehead atoms. The molecule has 8 nitrogen and oxygen atoms in total. The van der Waals surface area contributed by atoms with E-state index in [0.717, 1.165) is 18.2 Å². The van der Waals surface area contributed by atoms with Crippen LogP contribution in [-0.4, -0.2) is 35.9 Å². The highest BCUT2D eigenvalue weighted by molar-refractivity contribution is 5.76. The third-order valence-corrected chi connectivity index (χ3v) is 4.38. The molecular formula is C20H24N4O4. The number of benzene rings is 1. The molecular weight excluding hydrogens is 360 g/mol. The Morgan fingerprint density at radius 2 is 1.79 bits per heavy atom. The van der Waals surface area contributed by atoms with Crippen molar-refractivity contribution in [1.82, 2.24) is 14.5 Å². The van der Waals surface area contributed by atoms with E-state index in [1.54, 1.807) is 56.4 Å². The average molecular weight is 384 g/mol. The third-order valence-electron chi connectivity index (χ3n) is 4.38. The van der Waals surface area contributed by atoms with Gasteiger partial charge < -0.3 is 19.5 Å². The molecule has 1 N–H and O–H groups in total. The van der Waals surface area contributed by atoms with Crippen LogP contribution in [0.4, 0.5) is 11.6 Å². The van der Waals surface area contributed by atoms with Crippen molar-refractivity contribution < 1.29 is 14.2 Å². The van der Waals surface area contributed by atoms with Crippen molar-refractivity contribution in [2.75, 3.05) is 26.6 Å². The van der Waals surface area contributed by atoms with E-state index in [4.69, 9.17) is 14.2 Å². The molecule has 2 heterocycles. The zero-order valence-corrected chi connectivity index (χ0v) is 16.5. The summed E-state index contributed by atoms with van der Waals surface area (Å²) >= 11 is 0. The predicted molar refractivity (Wildman–Crippen MR) is 108 cm³/mol. The van der Waals surface area contributed by atoms with Crippen LogP contribution in [0.2, 0.25) is 0 Å². The molecule has 148 valence electrons. The first-order valence-electron chi connectivity index (χ1n) is 9.04. The summed E-state index contributed by atoms with van der Waals surface area (Å²) < 4.78 is 17.8. The topological polar surface area (TPSA) is 87.5 Å². The molecule has 0 amide bonds. The van der Waals surface area contributed by atoms with E-state index in [2.05, 4.69) is 22.2 Å². The average Bonchev–Trinajstić information content (AvgIpc) is 2.72. The highest BCUT2D eigenvalue weighted by Crippen LogP contribution is 2.40. The summed E-state index contributed by atoms with van der Waals surface area (Å²) in [6.07, 6.45) is 3.59. The number of nitrogens with zero attached hydrogens (tertiary/aromatic N) is 3. The van der Waals surface area contributed by atoms with Gasteiger partial charge in [0.05, 0.1) is 21.3 Å². The van der Waals surface area contributed by atoms with Crippen LogP contribution >= 0.6 is 0 Å². The van der Waals surface area contributed by atoms with Crippen LogP contribution in [0.3, 0.4) is 0 Å². The number of unbranched alkanes of at least 4 members (excludes halogenated alkanes) is 1. The van der Waals surface area contributed by atoms with Gasteiger partial charge in [-0.2, -0.15) is 4.98 Å². The quantitative estimate of drug-likeness (QED) is 0.637. The molecule has 28 heavy (non-hydrogen) atoms. The van der Waals surface area contributed by atoms with Crippen LogP contribution in [0.1, 0.15) is 19.8 Å². The molecule has 3 rings (SSSR count). The maximum Gasteiger partial charge on any atom is 0.252 e. The minimum Gasteiger partial charge on any atom is -0.493 e. The molecule has 1 aromatic carbocycles. The number of ether oxygens (including phenoxy) is 3. The SMILES string of the molecule is CCCCn1c(=O)ccc2cnc(Nc3cc(OC)c(OC)c(OC)c3)nc21. The van der Waals surface area contributed by atoms with Crippen LogP contribution in [0.25, 0.3) is 11.0 Å². The molecule has 0 aliphatic heterocycles. The molecule has 2 aromatic heterocycles. The number of nitrogens with one attached hydrogen (secondary N) is 1. The third kappa shape index (κ3) is 3.85. The second-order valence-electron chi connectivity index (χ2n) is 6.19. The van der Waals surface area contributed by atoms with Crippen molar-refractivity contribution in [3.05, 3.63) is 40.8 Å². The number of hydrogen-bond acceptors (Lipinski definition) is 7. The minimum absolute atomic E-state index is 0.0709. The Bertz CT molecular complexity index is 1010. The van der Waals surface area contributed by atoms with E-state index in [-0.39, 0.29) is 5.56 Å². The summed E-state index contributed by atoms with van der Waals surface area (Å²) in [5.41, 5.74) is 1.21. The number of anilines is 2. The molecule has 0 radical (unpaired) electrons. The maximum absolute atomic E-state index is 12.3. The van der Waals surface area contributed by atoms with Gasteiger partial charge in [-0.15, -0.1) is 0 Å². The fourth-order valence-corrected chi connectivity index (χ4v) is 2.95. The van der Waals surface area contributed by atoms with Crippen LogP contribution < -0.4 is 25.1 Å². The summed E-state index contributed by atoms with van der Waals surface area (Å²) in [7, 11) is 4.66. The zero-order valence-electron chi connectivity index (χ0n) is 16.5. The van der Waals surface area contributed by atoms with E-state index >= 15 is 0 Å². The molecule has 3 aromatic rings. The highest BCUT2D eigenvalue weighted by Gasteiger charge is 2.14. The van der Waals surface area contributed by atoms with Gasteiger partial charge in [0, 0.05) is 42.0 Å². The van der Waals surface area contributed by atoms with Gasteiger partial charge in [0.15, 0.2) is 11.5 Å². The fraction of sp³-hybridized carbons (Fsp3) is 0.350. The summed E-state index contributed by atoms with van der Waals surface area (Å²) in [5.74, 6) is 1.91. The molecule has 0 unspecified atom stereocenters. The standard InChI is InChI=1S/C20H24N4O4/c1-5-6-9-24-17(25)8-7-13-12-21-20(23-19(13)24)22-14-10-15(26-2)18(28-4)16(11-14)27-3/h7-8,10-12H,5-6,9H2,1-4H3,(H,21,22,23). The summed E-state index contributed by atoms with van der Waals surface area (Å²) in [4.78, 5) is 21.2. The first kappa shape index (κ1) is 19.5. The van der Waals surface area contributed by atoms with E-state index in [1.807, 2.05) is 0 Å². The molecule has 0 atom stereocenters. The molecule has 0 aliphatic rings. The Morgan fingerprint density at radius 3 is 2.39 bits per heavy atom. The van der Waals surface area contributed by atoms with E-state index in [0.29, 0.717) is 41.1 Å². The Labute approximate surface area is 163 Å². The normalized spacial score (nSPS) is 10.7. The second-order valence-corrected chi connectivity index (χ2v) is 6.19. The lowest BCUT2D eigenvalue weighted by atomic mass is 10.2. The van der Waals surface area contributed by atoms with Crippen LogP contribution in [0.5, 0.6) is 17.2 Å². The number of pyridine rings is 1. The van der Waals surface area contributed by atoms with Gasteiger partial charge in [-0.25, -0.2) is 4.98 Å². The number of rotatable bonds is 8. The number of aromatic nitrogens is 3. The van der Waals surface area contributed by atoms with Crippen molar-refractivity contribution in [1.29, 1.82) is 0 Å². The summed E-state index contributed by atoms with van der Waals surface area (Å²) in [5, 5.41) is 3.96. The van der Waals surface area contributed by atoms with E-state index in [9.17, 15) is 4.79 Å². The smallest absolute Gasteiger partial charge is 0.252 e. The lowest BCUT2D eigenvalue weighted by Crippen LogP contribution is -2.20. The Morgan fingerprint density at radius 1 is 1.07 bits per heavy atom. The van der Waals surface area contributed by atoms with Crippen molar-refractivity contribution in [2.45, 2.75) is 26.3 Å². The monoisotopic (exact) mass is 384 g/mol. The van der Waals surface area contributed by atoms with Crippen molar-refractivity contribution in [2.24, 2.45) is 0 Å². The van der Waals surface area contributed by atoms with Crippen molar-refractivity contribution in [3.8, 4) is 17.2 Å². The Kier molecular flexibility index (Phi) is 5.98. The van der Waals surface area contributed by atoms with Gasteiger partial charge in [-0.05, 0) is 12.5 Å². The van der Waals surface area contributed by atoms with Gasteiger partial charge in [0.2, 0.25) is 11.7 Å². The molecule has 0 spiro atoms. The molecule has 0 saturated carbocycles. The molecule has 0 aliphatic carbocycles. The molecule has 0 saturated heterocycles. The second kappa shape index (κ2) is 8.60. The van der Waals surface area contributed by atoms with Gasteiger partial charge in [0.1, 0.15) is 5.65 Å².